The van der Waals surface area contributed by atoms with Gasteiger partial charge in [-0.05, 0) is 6.92 Å². The summed E-state index contributed by atoms with van der Waals surface area (Å²) in [4.78, 5) is 25.0. The van der Waals surface area contributed by atoms with E-state index in [0.29, 0.717) is 0 Å². The Bertz CT molecular complexity index is 2040. The van der Waals surface area contributed by atoms with Crippen molar-refractivity contribution in [3.63, 3.8) is 0 Å². The van der Waals surface area contributed by atoms with E-state index in [9.17, 15) is 112 Å². The van der Waals surface area contributed by atoms with Gasteiger partial charge in [0, 0.05) is 13.8 Å². The summed E-state index contributed by atoms with van der Waals surface area (Å²) in [7, 11) is 0. The van der Waals surface area contributed by atoms with E-state index in [1.165, 1.54) is 6.92 Å². The topological polar surface area (TPSA) is 583 Å². The minimum Gasteiger partial charge on any atom is -0.394 e. The zero-order chi connectivity index (χ0) is 61.2. The van der Waals surface area contributed by atoms with Crippen molar-refractivity contribution in [3.8, 4) is 0 Å². The van der Waals surface area contributed by atoms with Gasteiger partial charge in [-0.15, -0.1) is 0 Å². The van der Waals surface area contributed by atoms with E-state index in [1.807, 2.05) is 0 Å². The van der Waals surface area contributed by atoms with E-state index in [0.717, 1.165) is 13.8 Å². The third kappa shape index (κ3) is 14.9. The largest absolute Gasteiger partial charge is 0.394 e. The molecule has 7 rings (SSSR count). The summed E-state index contributed by atoms with van der Waals surface area (Å²) in [5.74, 6) is -1.67. The number of aliphatic hydroxyl groups excluding tert-OH is 20. The van der Waals surface area contributed by atoms with Crippen LogP contribution in [0.1, 0.15) is 20.8 Å². The van der Waals surface area contributed by atoms with E-state index in [2.05, 4.69) is 10.6 Å². The number of nitrogens with one attached hydrogen (secondary N) is 2. The van der Waals surface area contributed by atoms with Crippen molar-refractivity contribution in [2.75, 3.05) is 39.6 Å². The number of carbonyl (C=O) groups excluding carboxylic acids is 2. The summed E-state index contributed by atoms with van der Waals surface area (Å²) in [5, 5.41) is 221. The average molecular weight is 1220 g/mol. The third-order valence-electron chi connectivity index (χ3n) is 15.3. The number of ether oxygens (including phenoxy) is 13. The maximum atomic E-state index is 12.8. The van der Waals surface area contributed by atoms with Crippen molar-refractivity contribution in [3.05, 3.63) is 0 Å². The van der Waals surface area contributed by atoms with Gasteiger partial charge in [-0.3, -0.25) is 9.59 Å². The molecule has 0 aromatic rings. The van der Waals surface area contributed by atoms with E-state index in [1.54, 1.807) is 0 Å². The molecular formula is C46H78N2O35. The molecule has 7 aliphatic heterocycles. The Morgan fingerprint density at radius 1 is 0.337 bits per heavy atom. The first-order valence-corrected chi connectivity index (χ1v) is 26.5. The Labute approximate surface area is 470 Å². The molecule has 2 amide bonds. The molecule has 0 radical (unpaired) electrons. The van der Waals surface area contributed by atoms with Crippen LogP contribution in [0.2, 0.25) is 0 Å². The van der Waals surface area contributed by atoms with Gasteiger partial charge in [0.05, 0.1) is 45.7 Å². The highest BCUT2D eigenvalue weighted by molar-refractivity contribution is 5.73. The maximum absolute atomic E-state index is 12.8. The molecule has 22 N–H and O–H groups in total. The zero-order valence-corrected chi connectivity index (χ0v) is 44.5. The number of carbonyl (C=O) groups is 2. The maximum Gasteiger partial charge on any atom is 0.217 e. The van der Waals surface area contributed by atoms with E-state index in [4.69, 9.17) is 61.6 Å². The molecule has 7 fully saturated rings. The van der Waals surface area contributed by atoms with Crippen molar-refractivity contribution in [2.45, 2.75) is 236 Å². The molecule has 0 aromatic carbocycles. The van der Waals surface area contributed by atoms with Gasteiger partial charge >= 0.3 is 0 Å². The van der Waals surface area contributed by atoms with Gasteiger partial charge in [-0.25, -0.2) is 0 Å². The molecule has 0 aromatic heterocycles. The summed E-state index contributed by atoms with van der Waals surface area (Å²) < 4.78 is 74.6. The van der Waals surface area contributed by atoms with Crippen LogP contribution in [0.25, 0.3) is 0 Å². The molecule has 7 aliphatic rings. The molecule has 37 heteroatoms. The lowest BCUT2D eigenvalue weighted by Gasteiger charge is -2.50. The highest BCUT2D eigenvalue weighted by Crippen LogP contribution is 2.37. The summed E-state index contributed by atoms with van der Waals surface area (Å²) >= 11 is 0. The minimum atomic E-state index is -2.36. The molecule has 83 heavy (non-hydrogen) atoms. The monoisotopic (exact) mass is 1220 g/mol. The van der Waals surface area contributed by atoms with Crippen LogP contribution in [-0.2, 0) is 71.2 Å². The number of rotatable bonds is 20. The molecule has 0 saturated carbocycles. The number of aliphatic hydroxyl groups is 20. The fraction of sp³-hybridized carbons (Fsp3) is 0.957. The molecule has 0 unspecified atom stereocenters. The number of amides is 2. The first-order valence-electron chi connectivity index (χ1n) is 26.5. The van der Waals surface area contributed by atoms with Crippen LogP contribution < -0.4 is 10.6 Å². The Balaban J connectivity index is 1.16. The van der Waals surface area contributed by atoms with Crippen LogP contribution >= 0.6 is 0 Å². The SMILES string of the molecule is CC(=O)N[C@@H]1[C@@H](O)[C@H](O[C@@H]2O[C@H](CO)[C@@H](O[C@H]3O[C@H](CO[C@H]4O[C@H](CO)[C@@H](O)[C@H](O)[C@@H]4O)[C@@H](O)[C@H](O[C@H]4O[C@H](CO)[C@@H](O)[C@H](O[C@H]5O[C@H](CO)[C@@H](O)[C@H](O)[C@@H]5O)[C@@H]4O)[C@@H]3O)[C@H](O)[C@H]2NC(C)=O)[C@@H](CO[C@@H]2O[C@@H](C)[C@@H](O)[C@@H](O)[C@@H]2O)O[C@H]1O. The van der Waals surface area contributed by atoms with Crippen molar-refractivity contribution in [1.82, 2.24) is 10.6 Å². The molecule has 0 spiro atoms. The molecule has 35 atom stereocenters. The fourth-order valence-corrected chi connectivity index (χ4v) is 10.5. The van der Waals surface area contributed by atoms with Crippen LogP contribution in [0.4, 0.5) is 0 Å². The van der Waals surface area contributed by atoms with Crippen molar-refractivity contribution < 1.29 is 173 Å². The van der Waals surface area contributed by atoms with Crippen molar-refractivity contribution >= 4 is 11.8 Å². The Hall–Kier alpha value is -2.38. The minimum absolute atomic E-state index is 0.762. The lowest BCUT2D eigenvalue weighted by Crippen LogP contribution is -2.70. The zero-order valence-electron chi connectivity index (χ0n) is 44.5. The van der Waals surface area contributed by atoms with Gasteiger partial charge in [0.1, 0.15) is 165 Å². The molecule has 0 bridgehead atoms. The normalized spacial score (nSPS) is 50.8. The second-order valence-corrected chi connectivity index (χ2v) is 21.1. The van der Waals surface area contributed by atoms with Gasteiger partial charge in [0.2, 0.25) is 11.8 Å². The van der Waals surface area contributed by atoms with Gasteiger partial charge in [-0.1, -0.05) is 0 Å². The predicted octanol–water partition coefficient (Wildman–Crippen LogP) is -15.0. The van der Waals surface area contributed by atoms with E-state index >= 15 is 0 Å². The van der Waals surface area contributed by atoms with Crippen LogP contribution in [-0.4, -0.2) is 368 Å². The van der Waals surface area contributed by atoms with E-state index < -0.39 is 266 Å². The molecule has 7 saturated heterocycles. The highest BCUT2D eigenvalue weighted by Gasteiger charge is 2.58. The second-order valence-electron chi connectivity index (χ2n) is 21.1. The molecule has 482 valence electrons. The Morgan fingerprint density at radius 2 is 0.687 bits per heavy atom. The predicted molar refractivity (Wildman–Crippen MR) is 254 cm³/mol. The lowest BCUT2D eigenvalue weighted by atomic mass is 9.93. The highest BCUT2D eigenvalue weighted by atomic mass is 16.8. The van der Waals surface area contributed by atoms with Crippen LogP contribution in [0.5, 0.6) is 0 Å². The molecule has 0 aliphatic carbocycles. The van der Waals surface area contributed by atoms with Gasteiger partial charge in [-0.2, -0.15) is 0 Å². The number of hydrogen-bond donors (Lipinski definition) is 22. The summed E-state index contributed by atoms with van der Waals surface area (Å²) in [5.41, 5.74) is 0. The van der Waals surface area contributed by atoms with Crippen LogP contribution in [0, 0.1) is 0 Å². The third-order valence-corrected chi connectivity index (χ3v) is 15.3. The Morgan fingerprint density at radius 3 is 1.19 bits per heavy atom. The quantitative estimate of drug-likeness (QED) is 0.0538. The lowest BCUT2D eigenvalue weighted by molar-refractivity contribution is -0.392. The van der Waals surface area contributed by atoms with Gasteiger partial charge < -0.3 is 174 Å². The van der Waals surface area contributed by atoms with E-state index in [-0.39, 0.29) is 0 Å². The van der Waals surface area contributed by atoms with Gasteiger partial charge in [0.25, 0.3) is 0 Å². The average Bonchev–Trinajstić information content (AvgIpc) is 3.49. The smallest absolute Gasteiger partial charge is 0.217 e. The van der Waals surface area contributed by atoms with Crippen LogP contribution in [0.3, 0.4) is 0 Å². The first kappa shape index (κ1) is 68.1. The second kappa shape index (κ2) is 29.3. The van der Waals surface area contributed by atoms with Crippen LogP contribution in [0.15, 0.2) is 0 Å². The molecule has 37 nitrogen and oxygen atoms in total. The number of hydrogen-bond acceptors (Lipinski definition) is 35. The summed E-state index contributed by atoms with van der Waals surface area (Å²) in [6.07, 6.45) is -63.3. The summed E-state index contributed by atoms with van der Waals surface area (Å²) in [6, 6.07) is -3.51. The molecule has 7 heterocycles. The van der Waals surface area contributed by atoms with Crippen molar-refractivity contribution in [1.29, 1.82) is 0 Å². The fourth-order valence-electron chi connectivity index (χ4n) is 10.5. The first-order chi connectivity index (χ1) is 39.2. The summed E-state index contributed by atoms with van der Waals surface area (Å²) in [6.45, 7) is -2.34. The molecular weight excluding hydrogens is 1140 g/mol. The Kier molecular flexibility index (Phi) is 24.0. The van der Waals surface area contributed by atoms with Gasteiger partial charge in [0.15, 0.2) is 44.0 Å². The standard InChI is InChI=1S/C46H78N2O35/c1-10-21(55)28(62)31(65)42(73-10)72-9-18-37(26(60)19(40(70)74-18)47-11(2)53)80-41-20(48-12(3)54)27(61)36(16(7-52)78-41)81-46-35(69)39(25(59)17(79-46)8-71-43-32(66)29(63)22(56)13(4-49)75-43)83-45-34(68)38(24(58)15(6-51)77-45)82-44-33(67)30(64)23(57)14(5-50)76-44/h10,13-46,49-52,55-70H,4-9H2,1-3H3,(H,47,53)(H,48,54)/t10-,13+,14+,15+,16+,17+,18+,19+,20+,21+,22+,23+,24+,25+,26+,27+,28+,29-,30-,31-,32-,33-,34-,35-,36+,37+,38-,39-,40+,41-,42+,43-,44+,45+,46+/m0/s1. The van der Waals surface area contributed by atoms with Crippen molar-refractivity contribution in [2.24, 2.45) is 0 Å².